The molecular formula is C9H7Br2N3O2. The lowest BCUT2D eigenvalue weighted by atomic mass is 10.3. The maximum absolute atomic E-state index is 11.8. The zero-order chi connectivity index (χ0) is 11.7. The van der Waals surface area contributed by atoms with E-state index in [9.17, 15) is 4.79 Å². The molecule has 0 fully saturated rings. The highest BCUT2D eigenvalue weighted by Crippen LogP contribution is 2.13. The highest BCUT2D eigenvalue weighted by atomic mass is 79.9. The van der Waals surface area contributed by atoms with Crippen molar-refractivity contribution in [1.29, 1.82) is 0 Å². The van der Waals surface area contributed by atoms with Crippen LogP contribution in [0.4, 0.5) is 0 Å². The molecule has 0 saturated carbocycles. The zero-order valence-corrected chi connectivity index (χ0v) is 11.4. The second-order valence-corrected chi connectivity index (χ2v) is 5.01. The number of nitrogens with zero attached hydrogens (tertiary/aromatic N) is 3. The van der Waals surface area contributed by atoms with Gasteiger partial charge in [0, 0.05) is 10.7 Å². The van der Waals surface area contributed by atoms with Crippen LogP contribution in [0.5, 0.6) is 0 Å². The Morgan fingerprint density at radius 2 is 2.19 bits per heavy atom. The summed E-state index contributed by atoms with van der Waals surface area (Å²) in [5, 5.41) is 7.40. The molecule has 0 bridgehead atoms. The number of rotatable bonds is 2. The van der Waals surface area contributed by atoms with E-state index in [2.05, 4.69) is 46.8 Å². The summed E-state index contributed by atoms with van der Waals surface area (Å²) in [7, 11) is 0. The van der Waals surface area contributed by atoms with Crippen LogP contribution in [0.1, 0.15) is 11.4 Å². The van der Waals surface area contributed by atoms with Gasteiger partial charge in [0.15, 0.2) is 0 Å². The smallest absolute Gasteiger partial charge is 0.265 e. The highest BCUT2D eigenvalue weighted by Gasteiger charge is 2.09. The maximum atomic E-state index is 11.8. The Bertz CT molecular complexity index is 576. The summed E-state index contributed by atoms with van der Waals surface area (Å²) in [6, 6.07) is 1.70. The molecule has 0 aromatic carbocycles. The van der Waals surface area contributed by atoms with Crippen LogP contribution in [-0.4, -0.2) is 14.9 Å². The van der Waals surface area contributed by atoms with Crippen molar-refractivity contribution in [1.82, 2.24) is 14.9 Å². The van der Waals surface area contributed by atoms with Gasteiger partial charge in [-0.25, -0.2) is 4.63 Å². The van der Waals surface area contributed by atoms with Gasteiger partial charge < -0.3 is 4.57 Å². The fourth-order valence-corrected chi connectivity index (χ4v) is 2.49. The Labute approximate surface area is 108 Å². The molecule has 16 heavy (non-hydrogen) atoms. The van der Waals surface area contributed by atoms with Crippen molar-refractivity contribution < 1.29 is 4.63 Å². The third-order valence-electron chi connectivity index (χ3n) is 2.08. The first-order chi connectivity index (χ1) is 7.58. The van der Waals surface area contributed by atoms with E-state index in [4.69, 9.17) is 0 Å². The van der Waals surface area contributed by atoms with E-state index in [1.54, 1.807) is 19.2 Å². The fourth-order valence-electron chi connectivity index (χ4n) is 1.24. The topological polar surface area (TPSA) is 60.9 Å². The summed E-state index contributed by atoms with van der Waals surface area (Å²) in [6.45, 7) is 2.12. The van der Waals surface area contributed by atoms with Crippen LogP contribution >= 0.6 is 31.9 Å². The number of halogens is 2. The largest absolute Gasteiger partial charge is 0.307 e. The van der Waals surface area contributed by atoms with E-state index >= 15 is 0 Å². The van der Waals surface area contributed by atoms with Gasteiger partial charge in [-0.15, -0.1) is 0 Å². The summed E-state index contributed by atoms with van der Waals surface area (Å²) in [4.78, 5) is 11.8. The van der Waals surface area contributed by atoms with Crippen molar-refractivity contribution in [2.45, 2.75) is 13.5 Å². The molecule has 0 saturated heterocycles. The van der Waals surface area contributed by atoms with Crippen molar-refractivity contribution in [3.63, 3.8) is 0 Å². The van der Waals surface area contributed by atoms with Gasteiger partial charge in [0.2, 0.25) is 0 Å². The average Bonchev–Trinajstić information content (AvgIpc) is 2.60. The van der Waals surface area contributed by atoms with E-state index in [0.29, 0.717) is 22.4 Å². The van der Waals surface area contributed by atoms with Gasteiger partial charge >= 0.3 is 0 Å². The van der Waals surface area contributed by atoms with E-state index in [1.165, 1.54) is 4.57 Å². The molecule has 2 aromatic rings. The number of hydrogen-bond donors (Lipinski definition) is 0. The van der Waals surface area contributed by atoms with Gasteiger partial charge in [0.05, 0.1) is 11.0 Å². The molecular weight excluding hydrogens is 342 g/mol. The Hall–Kier alpha value is -0.950. The Kier molecular flexibility index (Phi) is 3.25. The SMILES string of the molecule is Cc1nonc1Cn1cc(Br)cc(Br)c1=O. The van der Waals surface area contributed by atoms with Gasteiger partial charge in [-0.1, -0.05) is 10.3 Å². The van der Waals surface area contributed by atoms with Crippen LogP contribution < -0.4 is 5.56 Å². The number of pyridine rings is 1. The second-order valence-electron chi connectivity index (χ2n) is 3.24. The third-order valence-corrected chi connectivity index (χ3v) is 3.08. The lowest BCUT2D eigenvalue weighted by molar-refractivity contribution is 0.300. The Morgan fingerprint density at radius 3 is 2.81 bits per heavy atom. The van der Waals surface area contributed by atoms with Gasteiger partial charge in [0.1, 0.15) is 11.4 Å². The molecule has 0 unspecified atom stereocenters. The molecule has 0 atom stereocenters. The predicted octanol–water partition coefficient (Wildman–Crippen LogP) is 2.11. The average molecular weight is 349 g/mol. The molecule has 2 rings (SSSR count). The van der Waals surface area contributed by atoms with Crippen molar-refractivity contribution in [2.75, 3.05) is 0 Å². The summed E-state index contributed by atoms with van der Waals surface area (Å²) >= 11 is 6.52. The predicted molar refractivity (Wildman–Crippen MR) is 64.2 cm³/mol. The monoisotopic (exact) mass is 347 g/mol. The van der Waals surface area contributed by atoms with Crippen LogP contribution in [0.25, 0.3) is 0 Å². The normalized spacial score (nSPS) is 10.7. The molecule has 0 N–H and O–H groups in total. The van der Waals surface area contributed by atoms with Crippen molar-refractivity contribution in [2.24, 2.45) is 0 Å². The lowest BCUT2D eigenvalue weighted by Gasteiger charge is -2.04. The zero-order valence-electron chi connectivity index (χ0n) is 8.28. The third kappa shape index (κ3) is 2.25. The molecule has 2 heterocycles. The standard InChI is InChI=1S/C9H7Br2N3O2/c1-5-8(13-16-12-5)4-14-3-6(10)2-7(11)9(14)15/h2-3H,4H2,1H3. The van der Waals surface area contributed by atoms with Crippen molar-refractivity contribution in [3.8, 4) is 0 Å². The lowest BCUT2D eigenvalue weighted by Crippen LogP contribution is -2.21. The van der Waals surface area contributed by atoms with Gasteiger partial charge in [-0.2, -0.15) is 0 Å². The summed E-state index contributed by atoms with van der Waals surface area (Å²) in [5.74, 6) is 0. The van der Waals surface area contributed by atoms with Crippen LogP contribution in [0, 0.1) is 6.92 Å². The molecule has 2 aromatic heterocycles. The fraction of sp³-hybridized carbons (Fsp3) is 0.222. The first-order valence-corrected chi connectivity index (χ1v) is 6.00. The number of aromatic nitrogens is 3. The first-order valence-electron chi connectivity index (χ1n) is 4.41. The van der Waals surface area contributed by atoms with Crippen LogP contribution in [0.2, 0.25) is 0 Å². The number of aryl methyl sites for hydroxylation is 1. The summed E-state index contributed by atoms with van der Waals surface area (Å²) < 4.78 is 7.42. The van der Waals surface area contributed by atoms with E-state index < -0.39 is 0 Å². The van der Waals surface area contributed by atoms with Gasteiger partial charge in [0.25, 0.3) is 5.56 Å². The summed E-state index contributed by atoms with van der Waals surface area (Å²) in [5.41, 5.74) is 1.21. The molecule has 0 spiro atoms. The minimum atomic E-state index is -0.120. The summed E-state index contributed by atoms with van der Waals surface area (Å²) in [6.07, 6.45) is 1.70. The van der Waals surface area contributed by atoms with Gasteiger partial charge in [-0.3, -0.25) is 4.79 Å². The molecule has 0 radical (unpaired) electrons. The molecule has 0 aliphatic carbocycles. The Morgan fingerprint density at radius 1 is 1.44 bits per heavy atom. The minimum Gasteiger partial charge on any atom is -0.307 e. The van der Waals surface area contributed by atoms with Crippen molar-refractivity contribution in [3.05, 3.63) is 43.0 Å². The van der Waals surface area contributed by atoms with Crippen LogP contribution in [0.15, 0.2) is 30.6 Å². The molecule has 84 valence electrons. The molecule has 0 aliphatic rings. The van der Waals surface area contributed by atoms with E-state index in [0.717, 1.165) is 4.47 Å². The maximum Gasteiger partial charge on any atom is 0.265 e. The second kappa shape index (κ2) is 4.50. The quantitative estimate of drug-likeness (QED) is 0.834. The molecule has 0 aliphatic heterocycles. The highest BCUT2D eigenvalue weighted by molar-refractivity contribution is 9.11. The number of hydrogen-bond acceptors (Lipinski definition) is 4. The molecule has 0 amide bonds. The first kappa shape index (κ1) is 11.5. The van der Waals surface area contributed by atoms with E-state index in [1.807, 2.05) is 0 Å². The van der Waals surface area contributed by atoms with Crippen LogP contribution in [-0.2, 0) is 6.54 Å². The van der Waals surface area contributed by atoms with Crippen LogP contribution in [0.3, 0.4) is 0 Å². The Balaban J connectivity index is 2.43. The minimum absolute atomic E-state index is 0.120. The van der Waals surface area contributed by atoms with Gasteiger partial charge in [-0.05, 0) is 44.8 Å². The molecule has 5 nitrogen and oxygen atoms in total. The van der Waals surface area contributed by atoms with E-state index in [-0.39, 0.29) is 5.56 Å². The van der Waals surface area contributed by atoms with Crippen molar-refractivity contribution >= 4 is 31.9 Å². The molecule has 7 heteroatoms.